The summed E-state index contributed by atoms with van der Waals surface area (Å²) in [7, 11) is 0. The van der Waals surface area contributed by atoms with Gasteiger partial charge in [-0.1, -0.05) is 89.7 Å². The van der Waals surface area contributed by atoms with Gasteiger partial charge in [0.2, 0.25) is 0 Å². The number of anilines is 1. The Morgan fingerprint density at radius 3 is 2.19 bits per heavy atom. The Labute approximate surface area is 162 Å². The van der Waals surface area contributed by atoms with Crippen LogP contribution >= 0.6 is 11.3 Å². The van der Waals surface area contributed by atoms with Crippen LogP contribution in [0.2, 0.25) is 0 Å². The summed E-state index contributed by atoms with van der Waals surface area (Å²) in [6, 6.07) is 27.7. The lowest BCUT2D eigenvalue weighted by Gasteiger charge is -2.02. The number of benzene rings is 3. The van der Waals surface area contributed by atoms with Crippen LogP contribution in [0.25, 0.3) is 21.7 Å². The van der Waals surface area contributed by atoms with Gasteiger partial charge in [-0.15, -0.1) is 0 Å². The van der Waals surface area contributed by atoms with Crippen molar-refractivity contribution in [1.29, 1.82) is 0 Å². The van der Waals surface area contributed by atoms with Crippen LogP contribution in [0, 0.1) is 6.92 Å². The third-order valence-corrected chi connectivity index (χ3v) is 5.23. The van der Waals surface area contributed by atoms with E-state index in [1.54, 1.807) is 0 Å². The van der Waals surface area contributed by atoms with Crippen LogP contribution in [0.3, 0.4) is 0 Å². The van der Waals surface area contributed by atoms with Crippen molar-refractivity contribution < 1.29 is 4.79 Å². The van der Waals surface area contributed by atoms with Crippen LogP contribution in [0.15, 0.2) is 84.9 Å². The third kappa shape index (κ3) is 3.81. The molecule has 0 radical (unpaired) electrons. The zero-order valence-electron chi connectivity index (χ0n) is 14.8. The molecule has 0 spiro atoms. The van der Waals surface area contributed by atoms with Gasteiger partial charge in [0.05, 0.1) is 10.6 Å². The Balaban J connectivity index is 1.72. The van der Waals surface area contributed by atoms with Crippen LogP contribution < -0.4 is 5.32 Å². The predicted octanol–water partition coefficient (Wildman–Crippen LogP) is 6.04. The summed E-state index contributed by atoms with van der Waals surface area (Å²) in [5.41, 5.74) is 4.68. The molecule has 1 aromatic heterocycles. The molecule has 1 N–H and O–H groups in total. The van der Waals surface area contributed by atoms with Gasteiger partial charge < -0.3 is 0 Å². The van der Waals surface area contributed by atoms with Gasteiger partial charge in [0, 0.05) is 11.1 Å². The smallest absolute Gasteiger partial charge is 0.257 e. The van der Waals surface area contributed by atoms with Crippen LogP contribution in [0.4, 0.5) is 5.13 Å². The lowest BCUT2D eigenvalue weighted by Crippen LogP contribution is -2.11. The van der Waals surface area contributed by atoms with E-state index in [1.165, 1.54) is 11.3 Å². The number of carbonyl (C=O) groups excluding carboxylic acids is 1. The van der Waals surface area contributed by atoms with E-state index in [0.29, 0.717) is 10.7 Å². The zero-order valence-corrected chi connectivity index (χ0v) is 15.7. The van der Waals surface area contributed by atoms with Gasteiger partial charge in [-0.2, -0.15) is 0 Å². The summed E-state index contributed by atoms with van der Waals surface area (Å²) < 4.78 is 0. The van der Waals surface area contributed by atoms with Crippen LogP contribution in [-0.4, -0.2) is 10.9 Å². The first-order chi connectivity index (χ1) is 13.2. The SMILES string of the molecule is Cc1cccc(C(=O)Nc2nc(-c3ccccc3)c(-c3ccccc3)s2)c1. The van der Waals surface area contributed by atoms with E-state index in [1.807, 2.05) is 79.7 Å². The van der Waals surface area contributed by atoms with Crippen molar-refractivity contribution in [3.8, 4) is 21.7 Å². The molecule has 3 aromatic carbocycles. The largest absolute Gasteiger partial charge is 0.298 e. The van der Waals surface area contributed by atoms with E-state index < -0.39 is 0 Å². The van der Waals surface area contributed by atoms with Gasteiger partial charge in [-0.3, -0.25) is 10.1 Å². The van der Waals surface area contributed by atoms with E-state index >= 15 is 0 Å². The van der Waals surface area contributed by atoms with Crippen molar-refractivity contribution in [2.75, 3.05) is 5.32 Å². The molecule has 0 fully saturated rings. The summed E-state index contributed by atoms with van der Waals surface area (Å²) in [6.45, 7) is 1.97. The van der Waals surface area contributed by atoms with Crippen molar-refractivity contribution >= 4 is 22.4 Å². The maximum Gasteiger partial charge on any atom is 0.257 e. The molecule has 4 rings (SSSR count). The predicted molar refractivity (Wildman–Crippen MR) is 112 cm³/mol. The molecule has 132 valence electrons. The van der Waals surface area contributed by atoms with Crippen LogP contribution in [-0.2, 0) is 0 Å². The average Bonchev–Trinajstić information content (AvgIpc) is 3.13. The second-order valence-electron chi connectivity index (χ2n) is 6.25. The van der Waals surface area contributed by atoms with Crippen molar-refractivity contribution in [2.24, 2.45) is 0 Å². The van der Waals surface area contributed by atoms with E-state index in [0.717, 1.165) is 27.3 Å². The standard InChI is InChI=1S/C23H18N2OS/c1-16-9-8-14-19(15-16)22(26)25-23-24-20(17-10-4-2-5-11-17)21(27-23)18-12-6-3-7-13-18/h2-15H,1H3,(H,24,25,26). The van der Waals surface area contributed by atoms with E-state index in [-0.39, 0.29) is 5.91 Å². The summed E-state index contributed by atoms with van der Waals surface area (Å²) in [5.74, 6) is -0.147. The Bertz CT molecular complexity index is 1020. The second kappa shape index (κ2) is 7.56. The summed E-state index contributed by atoms with van der Waals surface area (Å²) >= 11 is 1.49. The number of nitrogens with zero attached hydrogens (tertiary/aromatic N) is 1. The fraction of sp³-hybridized carbons (Fsp3) is 0.0435. The lowest BCUT2D eigenvalue weighted by atomic mass is 10.1. The zero-order chi connectivity index (χ0) is 18.6. The molecule has 0 saturated heterocycles. The van der Waals surface area contributed by atoms with Crippen molar-refractivity contribution in [3.05, 3.63) is 96.1 Å². The number of hydrogen-bond donors (Lipinski definition) is 1. The maximum atomic E-state index is 12.6. The van der Waals surface area contributed by atoms with Crippen molar-refractivity contribution in [3.63, 3.8) is 0 Å². The van der Waals surface area contributed by atoms with Crippen molar-refractivity contribution in [1.82, 2.24) is 4.98 Å². The van der Waals surface area contributed by atoms with Gasteiger partial charge in [0.25, 0.3) is 5.91 Å². The number of rotatable bonds is 4. The molecule has 1 heterocycles. The molecule has 4 heteroatoms. The highest BCUT2D eigenvalue weighted by Gasteiger charge is 2.16. The number of aromatic nitrogens is 1. The summed E-state index contributed by atoms with van der Waals surface area (Å²) in [5, 5.41) is 3.55. The van der Waals surface area contributed by atoms with Crippen molar-refractivity contribution in [2.45, 2.75) is 6.92 Å². The number of hydrogen-bond acceptors (Lipinski definition) is 3. The Morgan fingerprint density at radius 2 is 1.52 bits per heavy atom. The molecule has 27 heavy (non-hydrogen) atoms. The quantitative estimate of drug-likeness (QED) is 0.476. The highest BCUT2D eigenvalue weighted by Crippen LogP contribution is 2.39. The molecule has 0 saturated carbocycles. The van der Waals surface area contributed by atoms with Crippen LogP contribution in [0.5, 0.6) is 0 Å². The average molecular weight is 370 g/mol. The molecule has 3 nitrogen and oxygen atoms in total. The van der Waals surface area contributed by atoms with E-state index in [9.17, 15) is 4.79 Å². The lowest BCUT2D eigenvalue weighted by molar-refractivity contribution is 0.102. The molecule has 0 unspecified atom stereocenters. The minimum absolute atomic E-state index is 0.147. The van der Waals surface area contributed by atoms with E-state index in [4.69, 9.17) is 4.98 Å². The minimum Gasteiger partial charge on any atom is -0.298 e. The highest BCUT2D eigenvalue weighted by molar-refractivity contribution is 7.19. The minimum atomic E-state index is -0.147. The first kappa shape index (κ1) is 17.2. The fourth-order valence-corrected chi connectivity index (χ4v) is 3.89. The highest BCUT2D eigenvalue weighted by atomic mass is 32.1. The molecule has 1 amide bonds. The fourth-order valence-electron chi connectivity index (χ4n) is 2.91. The van der Waals surface area contributed by atoms with E-state index in [2.05, 4.69) is 17.4 Å². The number of aryl methyl sites for hydroxylation is 1. The van der Waals surface area contributed by atoms with Gasteiger partial charge >= 0.3 is 0 Å². The summed E-state index contributed by atoms with van der Waals surface area (Å²) in [4.78, 5) is 18.4. The molecule has 4 aromatic rings. The third-order valence-electron chi connectivity index (χ3n) is 4.21. The van der Waals surface area contributed by atoms with Gasteiger partial charge in [-0.25, -0.2) is 4.98 Å². The normalized spacial score (nSPS) is 10.6. The number of nitrogens with one attached hydrogen (secondary N) is 1. The molecule has 0 bridgehead atoms. The number of thiazole rings is 1. The molecular weight excluding hydrogens is 352 g/mol. The topological polar surface area (TPSA) is 42.0 Å². The first-order valence-electron chi connectivity index (χ1n) is 8.70. The molecule has 0 aliphatic rings. The Morgan fingerprint density at radius 1 is 0.852 bits per heavy atom. The number of amides is 1. The molecular formula is C23H18N2OS. The molecule has 0 atom stereocenters. The monoisotopic (exact) mass is 370 g/mol. The maximum absolute atomic E-state index is 12.6. The molecule has 0 aliphatic heterocycles. The second-order valence-corrected chi connectivity index (χ2v) is 7.25. The van der Waals surface area contributed by atoms with Crippen LogP contribution in [0.1, 0.15) is 15.9 Å². The van der Waals surface area contributed by atoms with Gasteiger partial charge in [0.15, 0.2) is 5.13 Å². The Hall–Kier alpha value is -3.24. The molecule has 0 aliphatic carbocycles. The number of carbonyl (C=O) groups is 1. The van der Waals surface area contributed by atoms with Gasteiger partial charge in [-0.05, 0) is 24.6 Å². The van der Waals surface area contributed by atoms with Gasteiger partial charge in [0.1, 0.15) is 0 Å². The Kier molecular flexibility index (Phi) is 4.81. The first-order valence-corrected chi connectivity index (χ1v) is 9.52. The summed E-state index contributed by atoms with van der Waals surface area (Å²) in [6.07, 6.45) is 0.